The molecule has 3 heteroatoms. The number of hydrogen-bond donors (Lipinski definition) is 1. The molecule has 19 heavy (non-hydrogen) atoms. The van der Waals surface area contributed by atoms with E-state index in [0.717, 1.165) is 30.1 Å². The van der Waals surface area contributed by atoms with E-state index in [4.69, 9.17) is 4.74 Å². The maximum absolute atomic E-state index is 10.6. The minimum Gasteiger partial charge on any atom is -0.492 e. The summed E-state index contributed by atoms with van der Waals surface area (Å²) < 4.78 is 5.45. The lowest BCUT2D eigenvalue weighted by Gasteiger charge is -2.31. The van der Waals surface area contributed by atoms with Crippen LogP contribution in [0.3, 0.4) is 0 Å². The van der Waals surface area contributed by atoms with Crippen LogP contribution >= 0.6 is 0 Å². The molecule has 0 bridgehead atoms. The maximum atomic E-state index is 10.6. The van der Waals surface area contributed by atoms with Crippen LogP contribution in [0.25, 0.3) is 0 Å². The monoisotopic (exact) mass is 263 g/mol. The number of aromatic nitrogens is 1. The van der Waals surface area contributed by atoms with E-state index in [2.05, 4.69) is 11.9 Å². The first-order chi connectivity index (χ1) is 9.24. The molecule has 3 unspecified atom stereocenters. The number of pyridine rings is 1. The Balaban J connectivity index is 2.05. The first kappa shape index (κ1) is 14.3. The predicted molar refractivity (Wildman–Crippen MR) is 76.1 cm³/mol. The molecule has 1 aliphatic rings. The maximum Gasteiger partial charge on any atom is 0.137 e. The number of nitrogens with zero attached hydrogens (tertiary/aromatic N) is 1. The first-order valence-electron chi connectivity index (χ1n) is 7.50. The fourth-order valence-corrected chi connectivity index (χ4v) is 3.11. The van der Waals surface area contributed by atoms with Crippen molar-refractivity contribution in [2.45, 2.75) is 52.1 Å². The first-order valence-corrected chi connectivity index (χ1v) is 7.50. The fourth-order valence-electron chi connectivity index (χ4n) is 3.11. The number of aliphatic hydroxyl groups excluding tert-OH is 1. The summed E-state index contributed by atoms with van der Waals surface area (Å²) in [6.45, 7) is 4.83. The van der Waals surface area contributed by atoms with Gasteiger partial charge in [0.15, 0.2) is 0 Å². The molecule has 0 saturated heterocycles. The van der Waals surface area contributed by atoms with Gasteiger partial charge >= 0.3 is 0 Å². The smallest absolute Gasteiger partial charge is 0.137 e. The van der Waals surface area contributed by atoms with Gasteiger partial charge < -0.3 is 9.84 Å². The van der Waals surface area contributed by atoms with E-state index in [0.29, 0.717) is 12.5 Å². The zero-order valence-electron chi connectivity index (χ0n) is 12.0. The minimum absolute atomic E-state index is 0.373. The predicted octanol–water partition coefficient (Wildman–Crippen LogP) is 3.73. The van der Waals surface area contributed by atoms with Crippen molar-refractivity contribution in [1.29, 1.82) is 0 Å². The zero-order chi connectivity index (χ0) is 13.7. The van der Waals surface area contributed by atoms with Crippen LogP contribution in [0.2, 0.25) is 0 Å². The lowest BCUT2D eigenvalue weighted by molar-refractivity contribution is 0.0673. The summed E-state index contributed by atoms with van der Waals surface area (Å²) in [5.74, 6) is 1.90. The summed E-state index contributed by atoms with van der Waals surface area (Å²) in [7, 11) is 0. The lowest BCUT2D eigenvalue weighted by atomic mass is 9.76. The highest BCUT2D eigenvalue weighted by Gasteiger charge is 2.27. The van der Waals surface area contributed by atoms with Crippen molar-refractivity contribution in [2.24, 2.45) is 11.8 Å². The van der Waals surface area contributed by atoms with E-state index in [9.17, 15) is 5.11 Å². The summed E-state index contributed by atoms with van der Waals surface area (Å²) in [6.07, 6.45) is 9.10. The van der Waals surface area contributed by atoms with Crippen LogP contribution in [0.4, 0.5) is 0 Å². The summed E-state index contributed by atoms with van der Waals surface area (Å²) in [5.41, 5.74) is 0.896. The van der Waals surface area contributed by atoms with Crippen LogP contribution < -0.4 is 4.74 Å². The molecule has 3 nitrogen and oxygen atoms in total. The molecule has 0 amide bonds. The highest BCUT2D eigenvalue weighted by Crippen LogP contribution is 2.38. The van der Waals surface area contributed by atoms with E-state index in [-0.39, 0.29) is 0 Å². The molecule has 1 aliphatic carbocycles. The van der Waals surface area contributed by atoms with E-state index in [1.54, 1.807) is 12.4 Å². The molecule has 106 valence electrons. The Morgan fingerprint density at radius 2 is 2.21 bits per heavy atom. The highest BCUT2D eigenvalue weighted by atomic mass is 16.5. The van der Waals surface area contributed by atoms with E-state index in [1.165, 1.54) is 19.3 Å². The van der Waals surface area contributed by atoms with Crippen molar-refractivity contribution in [3.05, 3.63) is 24.0 Å². The Hall–Kier alpha value is -1.09. The average Bonchev–Trinajstić information content (AvgIpc) is 2.47. The van der Waals surface area contributed by atoms with Crippen LogP contribution in [-0.2, 0) is 0 Å². The van der Waals surface area contributed by atoms with E-state index < -0.39 is 6.10 Å². The number of rotatable bonds is 5. The molecule has 0 radical (unpaired) electrons. The van der Waals surface area contributed by atoms with Gasteiger partial charge in [0.1, 0.15) is 5.75 Å². The quantitative estimate of drug-likeness (QED) is 0.880. The van der Waals surface area contributed by atoms with Crippen LogP contribution in [0.5, 0.6) is 5.75 Å². The molecule has 1 heterocycles. The Bertz CT molecular complexity index is 394. The van der Waals surface area contributed by atoms with Gasteiger partial charge in [-0.1, -0.05) is 26.2 Å². The van der Waals surface area contributed by atoms with E-state index in [1.807, 2.05) is 13.0 Å². The van der Waals surface area contributed by atoms with Crippen molar-refractivity contribution >= 4 is 0 Å². The van der Waals surface area contributed by atoms with Gasteiger partial charge in [-0.05, 0) is 37.7 Å². The molecule has 0 aliphatic heterocycles. The van der Waals surface area contributed by atoms with Crippen molar-refractivity contribution < 1.29 is 9.84 Å². The van der Waals surface area contributed by atoms with Crippen molar-refractivity contribution in [3.63, 3.8) is 0 Å². The zero-order valence-corrected chi connectivity index (χ0v) is 12.0. The topological polar surface area (TPSA) is 42.4 Å². The molecule has 0 spiro atoms. The SMILES string of the molecule is CCOc1cncc(C(O)C2CCCC(CC)C2)c1. The van der Waals surface area contributed by atoms with Gasteiger partial charge in [-0.2, -0.15) is 0 Å². The number of hydrogen-bond acceptors (Lipinski definition) is 3. The third-order valence-electron chi connectivity index (χ3n) is 4.23. The Morgan fingerprint density at radius 1 is 1.37 bits per heavy atom. The molecule has 1 N–H and O–H groups in total. The van der Waals surface area contributed by atoms with Crippen molar-refractivity contribution in [2.75, 3.05) is 6.61 Å². The van der Waals surface area contributed by atoms with Crippen molar-refractivity contribution in [1.82, 2.24) is 4.98 Å². The van der Waals surface area contributed by atoms with Gasteiger partial charge in [-0.3, -0.25) is 4.98 Å². The molecule has 1 aromatic rings. The van der Waals surface area contributed by atoms with Crippen LogP contribution in [0.1, 0.15) is 57.6 Å². The average molecular weight is 263 g/mol. The summed E-state index contributed by atoms with van der Waals surface area (Å²) >= 11 is 0. The van der Waals surface area contributed by atoms with Crippen molar-refractivity contribution in [3.8, 4) is 5.75 Å². The van der Waals surface area contributed by atoms with Gasteiger partial charge in [-0.15, -0.1) is 0 Å². The fraction of sp³-hybridized carbons (Fsp3) is 0.688. The van der Waals surface area contributed by atoms with Gasteiger partial charge in [-0.25, -0.2) is 0 Å². The molecule has 1 aromatic heterocycles. The lowest BCUT2D eigenvalue weighted by Crippen LogP contribution is -2.21. The van der Waals surface area contributed by atoms with Crippen LogP contribution in [0, 0.1) is 11.8 Å². The second-order valence-electron chi connectivity index (χ2n) is 5.53. The number of aliphatic hydroxyl groups is 1. The highest BCUT2D eigenvalue weighted by molar-refractivity contribution is 5.25. The van der Waals surface area contributed by atoms with E-state index >= 15 is 0 Å². The molecule has 1 fully saturated rings. The third-order valence-corrected chi connectivity index (χ3v) is 4.23. The van der Waals surface area contributed by atoms with Crippen LogP contribution in [0.15, 0.2) is 18.5 Å². The Labute approximate surface area is 116 Å². The molecule has 1 saturated carbocycles. The number of ether oxygens (including phenoxy) is 1. The second-order valence-corrected chi connectivity index (χ2v) is 5.53. The second kappa shape index (κ2) is 6.90. The summed E-state index contributed by atoms with van der Waals surface area (Å²) in [4.78, 5) is 4.17. The standard InChI is InChI=1S/C16H25NO2/c1-3-12-6-5-7-13(8-12)16(18)14-9-15(19-4-2)11-17-10-14/h9-13,16,18H,3-8H2,1-2H3. The van der Waals surface area contributed by atoms with Crippen LogP contribution in [-0.4, -0.2) is 16.7 Å². The summed E-state index contributed by atoms with van der Waals surface area (Å²) in [6, 6.07) is 1.93. The Kier molecular flexibility index (Phi) is 5.20. The minimum atomic E-state index is -0.401. The van der Waals surface area contributed by atoms with Gasteiger partial charge in [0, 0.05) is 11.8 Å². The normalized spacial score (nSPS) is 25.0. The Morgan fingerprint density at radius 3 is 2.95 bits per heavy atom. The van der Waals surface area contributed by atoms with Gasteiger partial charge in [0.2, 0.25) is 0 Å². The molecular weight excluding hydrogens is 238 g/mol. The van der Waals surface area contributed by atoms with Gasteiger partial charge in [0.05, 0.1) is 18.9 Å². The van der Waals surface area contributed by atoms with Gasteiger partial charge in [0.25, 0.3) is 0 Å². The molecular formula is C16H25NO2. The molecule has 0 aromatic carbocycles. The molecule has 2 rings (SSSR count). The summed E-state index contributed by atoms with van der Waals surface area (Å²) in [5, 5.41) is 10.6. The molecule has 3 atom stereocenters. The largest absolute Gasteiger partial charge is 0.492 e. The third kappa shape index (κ3) is 3.69.